The molecule has 0 radical (unpaired) electrons. The van der Waals surface area contributed by atoms with Gasteiger partial charge in [-0.2, -0.15) is 0 Å². The quantitative estimate of drug-likeness (QED) is 0.821. The van der Waals surface area contributed by atoms with Gasteiger partial charge in [-0.1, -0.05) is 30.3 Å². The highest BCUT2D eigenvalue weighted by atomic mass is 79.9. The summed E-state index contributed by atoms with van der Waals surface area (Å²) < 4.78 is 2.64. The Labute approximate surface area is 126 Å². The minimum absolute atomic E-state index is 0.226. The summed E-state index contributed by atoms with van der Waals surface area (Å²) in [4.78, 5) is 1.27. The zero-order valence-corrected chi connectivity index (χ0v) is 13.4. The molecule has 0 aliphatic carbocycles. The Balaban J connectivity index is 2.09. The molecule has 1 unspecified atom stereocenters. The van der Waals surface area contributed by atoms with Gasteiger partial charge in [0.25, 0.3) is 0 Å². The Morgan fingerprint density at radius 2 is 2.11 bits per heavy atom. The number of nitrogens with zero attached hydrogens (tertiary/aromatic N) is 3. The molecule has 6 heteroatoms. The normalized spacial score (nSPS) is 12.6. The van der Waals surface area contributed by atoms with Crippen molar-refractivity contribution < 1.29 is 0 Å². The lowest BCUT2D eigenvalue weighted by molar-refractivity contribution is 0.548. The summed E-state index contributed by atoms with van der Waals surface area (Å²) in [5.41, 5.74) is 1.09. The van der Waals surface area contributed by atoms with Crippen molar-refractivity contribution in [2.45, 2.75) is 17.9 Å². The minimum Gasteiger partial charge on any atom is -0.308 e. The van der Waals surface area contributed by atoms with Crippen LogP contribution in [0.3, 0.4) is 0 Å². The topological polar surface area (TPSA) is 42.7 Å². The molecule has 4 nitrogen and oxygen atoms in total. The minimum atomic E-state index is 0.226. The summed E-state index contributed by atoms with van der Waals surface area (Å²) in [6, 6.07) is 10.6. The smallest absolute Gasteiger partial charge is 0.153 e. The standard InChI is InChI=1S/C13H17BrN4S/c1-3-15-11(12-13(14)16-17-18(12)2)9-19-10-7-5-4-6-8-10/h4-8,11,15H,3,9H2,1-2H3. The van der Waals surface area contributed by atoms with Crippen LogP contribution in [-0.4, -0.2) is 27.3 Å². The number of hydrogen-bond acceptors (Lipinski definition) is 4. The first-order chi connectivity index (χ1) is 9.22. The van der Waals surface area contributed by atoms with Crippen LogP contribution in [0.2, 0.25) is 0 Å². The van der Waals surface area contributed by atoms with E-state index in [0.717, 1.165) is 22.6 Å². The molecule has 1 aromatic heterocycles. The van der Waals surface area contributed by atoms with Crippen LogP contribution in [0.5, 0.6) is 0 Å². The van der Waals surface area contributed by atoms with Crippen LogP contribution in [0.1, 0.15) is 18.7 Å². The van der Waals surface area contributed by atoms with Gasteiger partial charge in [-0.15, -0.1) is 16.9 Å². The molecule has 1 heterocycles. The molecule has 1 atom stereocenters. The fourth-order valence-corrected chi connectivity index (χ4v) is 3.47. The van der Waals surface area contributed by atoms with E-state index >= 15 is 0 Å². The number of halogens is 1. The highest BCUT2D eigenvalue weighted by Crippen LogP contribution is 2.27. The van der Waals surface area contributed by atoms with Gasteiger partial charge in [0, 0.05) is 17.7 Å². The molecule has 0 aliphatic rings. The first-order valence-corrected chi connectivity index (χ1v) is 7.96. The summed E-state index contributed by atoms with van der Waals surface area (Å²) in [5.74, 6) is 0.942. The summed E-state index contributed by atoms with van der Waals surface area (Å²) >= 11 is 5.30. The zero-order chi connectivity index (χ0) is 13.7. The number of aromatic nitrogens is 3. The molecule has 19 heavy (non-hydrogen) atoms. The van der Waals surface area contributed by atoms with Crippen LogP contribution in [0.4, 0.5) is 0 Å². The van der Waals surface area contributed by atoms with Crippen LogP contribution < -0.4 is 5.32 Å². The molecule has 0 spiro atoms. The number of thioether (sulfide) groups is 1. The van der Waals surface area contributed by atoms with E-state index in [4.69, 9.17) is 0 Å². The van der Waals surface area contributed by atoms with Gasteiger partial charge in [0.1, 0.15) is 0 Å². The molecular weight excluding hydrogens is 324 g/mol. The lowest BCUT2D eigenvalue weighted by Crippen LogP contribution is -2.25. The molecule has 0 saturated carbocycles. The maximum absolute atomic E-state index is 4.05. The monoisotopic (exact) mass is 340 g/mol. The van der Waals surface area contributed by atoms with Crippen LogP contribution in [0.25, 0.3) is 0 Å². The molecule has 0 fully saturated rings. The van der Waals surface area contributed by atoms with Gasteiger partial charge in [-0.3, -0.25) is 0 Å². The second-order valence-electron chi connectivity index (χ2n) is 4.12. The van der Waals surface area contributed by atoms with E-state index in [0.29, 0.717) is 0 Å². The second-order valence-corrected chi connectivity index (χ2v) is 5.97. The molecule has 1 N–H and O–H groups in total. The van der Waals surface area contributed by atoms with E-state index in [1.807, 2.05) is 29.6 Å². The Morgan fingerprint density at radius 3 is 2.68 bits per heavy atom. The lowest BCUT2D eigenvalue weighted by atomic mass is 10.2. The highest BCUT2D eigenvalue weighted by Gasteiger charge is 2.19. The summed E-state index contributed by atoms with van der Waals surface area (Å²) in [6.07, 6.45) is 0. The van der Waals surface area contributed by atoms with Crippen molar-refractivity contribution in [1.29, 1.82) is 0 Å². The van der Waals surface area contributed by atoms with Crippen molar-refractivity contribution in [2.75, 3.05) is 12.3 Å². The average Bonchev–Trinajstić information content (AvgIpc) is 2.76. The van der Waals surface area contributed by atoms with Crippen molar-refractivity contribution in [3.63, 3.8) is 0 Å². The molecule has 102 valence electrons. The van der Waals surface area contributed by atoms with Gasteiger partial charge in [0.05, 0.1) is 11.7 Å². The molecule has 0 aliphatic heterocycles. The van der Waals surface area contributed by atoms with Crippen LogP contribution in [-0.2, 0) is 7.05 Å². The van der Waals surface area contributed by atoms with Crippen molar-refractivity contribution >= 4 is 27.7 Å². The van der Waals surface area contributed by atoms with E-state index < -0.39 is 0 Å². The predicted octanol–water partition coefficient (Wildman–Crippen LogP) is 3.02. The van der Waals surface area contributed by atoms with Gasteiger partial charge in [-0.25, -0.2) is 4.68 Å². The molecule has 0 amide bonds. The summed E-state index contributed by atoms with van der Waals surface area (Å²) in [6.45, 7) is 3.02. The molecule has 2 rings (SSSR count). The second kappa shape index (κ2) is 7.07. The Hall–Kier alpha value is -0.850. The molecule has 2 aromatic rings. The maximum Gasteiger partial charge on any atom is 0.153 e. The van der Waals surface area contributed by atoms with Crippen molar-refractivity contribution in [3.8, 4) is 0 Å². The van der Waals surface area contributed by atoms with Gasteiger partial charge in [0.2, 0.25) is 0 Å². The fourth-order valence-electron chi connectivity index (χ4n) is 1.89. The lowest BCUT2D eigenvalue weighted by Gasteiger charge is -2.17. The number of aryl methyl sites for hydroxylation is 1. The average molecular weight is 341 g/mol. The fraction of sp³-hybridized carbons (Fsp3) is 0.385. The van der Waals surface area contributed by atoms with E-state index in [1.165, 1.54) is 4.90 Å². The molecule has 0 bridgehead atoms. The highest BCUT2D eigenvalue weighted by molar-refractivity contribution is 9.10. The molecule has 1 aromatic carbocycles. The Bertz CT molecular complexity index is 495. The van der Waals surface area contributed by atoms with E-state index in [2.05, 4.69) is 62.7 Å². The van der Waals surface area contributed by atoms with Crippen molar-refractivity contribution in [3.05, 3.63) is 40.6 Å². The maximum atomic E-state index is 4.05. The third-order valence-electron chi connectivity index (χ3n) is 2.77. The molecular formula is C13H17BrN4S. The number of nitrogens with one attached hydrogen (secondary N) is 1. The summed E-state index contributed by atoms with van der Waals surface area (Å²) in [5, 5.41) is 11.6. The van der Waals surface area contributed by atoms with Gasteiger partial charge in [0.15, 0.2) is 4.60 Å². The third-order valence-corrected chi connectivity index (χ3v) is 4.44. The van der Waals surface area contributed by atoms with Crippen molar-refractivity contribution in [2.24, 2.45) is 7.05 Å². The Morgan fingerprint density at radius 1 is 1.37 bits per heavy atom. The predicted molar refractivity (Wildman–Crippen MR) is 82.3 cm³/mol. The SMILES string of the molecule is CCNC(CSc1ccccc1)c1c(Br)nnn1C. The van der Waals surface area contributed by atoms with E-state index in [9.17, 15) is 0 Å². The first kappa shape index (κ1) is 14.6. The van der Waals surface area contributed by atoms with Gasteiger partial charge < -0.3 is 5.32 Å². The Kier molecular flexibility index (Phi) is 5.42. The van der Waals surface area contributed by atoms with Crippen LogP contribution in [0.15, 0.2) is 39.8 Å². The van der Waals surface area contributed by atoms with Crippen LogP contribution >= 0.6 is 27.7 Å². The number of rotatable bonds is 6. The first-order valence-electron chi connectivity index (χ1n) is 6.18. The number of benzene rings is 1. The van der Waals surface area contributed by atoms with E-state index in [1.54, 1.807) is 0 Å². The molecule has 0 saturated heterocycles. The third kappa shape index (κ3) is 3.81. The zero-order valence-electron chi connectivity index (χ0n) is 11.0. The number of hydrogen-bond donors (Lipinski definition) is 1. The van der Waals surface area contributed by atoms with Crippen molar-refractivity contribution in [1.82, 2.24) is 20.3 Å². The largest absolute Gasteiger partial charge is 0.308 e. The van der Waals surface area contributed by atoms with Gasteiger partial charge >= 0.3 is 0 Å². The van der Waals surface area contributed by atoms with Crippen LogP contribution in [0, 0.1) is 0 Å². The van der Waals surface area contributed by atoms with Gasteiger partial charge in [-0.05, 0) is 34.6 Å². The van der Waals surface area contributed by atoms with E-state index in [-0.39, 0.29) is 6.04 Å². The summed E-state index contributed by atoms with van der Waals surface area (Å²) in [7, 11) is 1.92.